The Balaban J connectivity index is 1.96. The van der Waals surface area contributed by atoms with Crippen molar-refractivity contribution in [3.63, 3.8) is 0 Å². The van der Waals surface area contributed by atoms with Crippen molar-refractivity contribution in [1.82, 2.24) is 9.38 Å². The summed E-state index contributed by atoms with van der Waals surface area (Å²) >= 11 is 0. The first-order valence-corrected chi connectivity index (χ1v) is 8.61. The van der Waals surface area contributed by atoms with E-state index in [1.807, 2.05) is 12.1 Å². The number of aromatic nitrogens is 2. The molecule has 0 fully saturated rings. The van der Waals surface area contributed by atoms with Crippen molar-refractivity contribution < 1.29 is 0 Å². The first-order valence-electron chi connectivity index (χ1n) is 8.61. The van der Waals surface area contributed by atoms with E-state index in [0.717, 1.165) is 39.8 Å². The summed E-state index contributed by atoms with van der Waals surface area (Å²) in [6.07, 6.45) is 7.21. The van der Waals surface area contributed by atoms with E-state index >= 15 is 0 Å². The van der Waals surface area contributed by atoms with Gasteiger partial charge < -0.3 is 4.40 Å². The fourth-order valence-corrected chi connectivity index (χ4v) is 3.32. The number of rotatable bonds is 4. The maximum atomic E-state index is 4.95. The molecule has 0 aliphatic carbocycles. The van der Waals surface area contributed by atoms with Crippen LogP contribution in [0.5, 0.6) is 0 Å². The molecule has 0 unspecified atom stereocenters. The fourth-order valence-electron chi connectivity index (χ4n) is 3.32. The first kappa shape index (κ1) is 15.4. The van der Waals surface area contributed by atoms with Crippen molar-refractivity contribution in [2.24, 2.45) is 0 Å². The molecule has 25 heavy (non-hydrogen) atoms. The predicted octanol–water partition coefficient (Wildman–Crippen LogP) is 6.13. The summed E-state index contributed by atoms with van der Waals surface area (Å²) in [5.41, 5.74) is 7.71. The molecule has 0 spiro atoms. The molecule has 2 aromatic carbocycles. The molecule has 2 heteroatoms. The van der Waals surface area contributed by atoms with Crippen LogP contribution in [-0.4, -0.2) is 9.38 Å². The second kappa shape index (κ2) is 6.40. The van der Waals surface area contributed by atoms with Gasteiger partial charge in [-0.05, 0) is 47.9 Å². The van der Waals surface area contributed by atoms with Crippen molar-refractivity contribution in [2.75, 3.05) is 0 Å². The number of fused-ring (bicyclic) bond motifs is 3. The topological polar surface area (TPSA) is 17.3 Å². The minimum Gasteiger partial charge on any atom is -0.313 e. The SMILES string of the molecule is C=C/C(=C\CC)c1cccc(-c2nc3ccccc3n3cccc23)c1. The van der Waals surface area contributed by atoms with E-state index in [2.05, 4.69) is 84.8 Å². The highest BCUT2D eigenvalue weighted by Gasteiger charge is 2.10. The molecular weight excluding hydrogens is 304 g/mol. The standard InChI is InChI=1S/C23H20N2/c1-3-9-17(4-2)18-10-7-11-19(16-18)23-22-14-8-15-25(22)21-13-6-5-12-20(21)24-23/h4-16H,2-3H2,1H3/b17-9+. The summed E-state index contributed by atoms with van der Waals surface area (Å²) in [6.45, 7) is 6.09. The van der Waals surface area contributed by atoms with Crippen LogP contribution in [0.2, 0.25) is 0 Å². The first-order chi connectivity index (χ1) is 12.3. The van der Waals surface area contributed by atoms with Gasteiger partial charge in [0.1, 0.15) is 0 Å². The third-order valence-corrected chi connectivity index (χ3v) is 4.48. The molecule has 2 heterocycles. The van der Waals surface area contributed by atoms with Crippen LogP contribution in [0.3, 0.4) is 0 Å². The van der Waals surface area contributed by atoms with Crippen LogP contribution in [0.1, 0.15) is 18.9 Å². The van der Waals surface area contributed by atoms with Gasteiger partial charge in [-0.2, -0.15) is 0 Å². The summed E-state index contributed by atoms with van der Waals surface area (Å²) in [5, 5.41) is 0. The molecule has 0 atom stereocenters. The number of allylic oxidation sites excluding steroid dienone is 3. The zero-order valence-electron chi connectivity index (χ0n) is 14.3. The summed E-state index contributed by atoms with van der Waals surface area (Å²) < 4.78 is 2.21. The van der Waals surface area contributed by atoms with Crippen LogP contribution >= 0.6 is 0 Å². The average molecular weight is 324 g/mol. The normalized spacial score (nSPS) is 12.0. The maximum Gasteiger partial charge on any atom is 0.0950 e. The van der Waals surface area contributed by atoms with Gasteiger partial charge in [0.15, 0.2) is 0 Å². The summed E-state index contributed by atoms with van der Waals surface area (Å²) in [7, 11) is 0. The second-order valence-electron chi connectivity index (χ2n) is 6.07. The van der Waals surface area contributed by atoms with Gasteiger partial charge in [0.25, 0.3) is 0 Å². The number of nitrogens with zero attached hydrogens (tertiary/aromatic N) is 2. The third kappa shape index (κ3) is 2.66. The molecule has 0 aliphatic rings. The molecule has 0 aliphatic heterocycles. The Bertz CT molecular complexity index is 1100. The monoisotopic (exact) mass is 324 g/mol. The lowest BCUT2D eigenvalue weighted by atomic mass is 10.0. The second-order valence-corrected chi connectivity index (χ2v) is 6.07. The van der Waals surface area contributed by atoms with E-state index < -0.39 is 0 Å². The lowest BCUT2D eigenvalue weighted by Gasteiger charge is -2.10. The van der Waals surface area contributed by atoms with E-state index in [1.165, 1.54) is 5.56 Å². The van der Waals surface area contributed by atoms with Gasteiger partial charge >= 0.3 is 0 Å². The Labute approximate surface area is 147 Å². The van der Waals surface area contributed by atoms with Crippen molar-refractivity contribution in [2.45, 2.75) is 13.3 Å². The maximum absolute atomic E-state index is 4.95. The van der Waals surface area contributed by atoms with E-state index in [-0.39, 0.29) is 0 Å². The van der Waals surface area contributed by atoms with Crippen LogP contribution in [0, 0.1) is 0 Å². The minimum absolute atomic E-state index is 0.989. The van der Waals surface area contributed by atoms with Crippen LogP contribution in [0.4, 0.5) is 0 Å². The van der Waals surface area contributed by atoms with Gasteiger partial charge in [-0.3, -0.25) is 0 Å². The van der Waals surface area contributed by atoms with Gasteiger partial charge in [-0.15, -0.1) is 0 Å². The van der Waals surface area contributed by atoms with Crippen molar-refractivity contribution in [1.29, 1.82) is 0 Å². The highest BCUT2D eigenvalue weighted by molar-refractivity contribution is 5.88. The highest BCUT2D eigenvalue weighted by atomic mass is 14.9. The Kier molecular flexibility index (Phi) is 3.95. The molecular formula is C23H20N2. The number of para-hydroxylation sites is 2. The smallest absolute Gasteiger partial charge is 0.0950 e. The molecule has 4 aromatic rings. The van der Waals surface area contributed by atoms with E-state index in [4.69, 9.17) is 4.98 Å². The van der Waals surface area contributed by atoms with Gasteiger partial charge in [0.2, 0.25) is 0 Å². The zero-order chi connectivity index (χ0) is 17.2. The van der Waals surface area contributed by atoms with E-state index in [1.54, 1.807) is 0 Å². The summed E-state index contributed by atoms with van der Waals surface area (Å²) in [6, 6.07) is 21.0. The molecule has 0 saturated carbocycles. The third-order valence-electron chi connectivity index (χ3n) is 4.48. The Morgan fingerprint density at radius 2 is 1.88 bits per heavy atom. The van der Waals surface area contributed by atoms with Crippen LogP contribution in [-0.2, 0) is 0 Å². The molecule has 0 saturated heterocycles. The van der Waals surface area contributed by atoms with Crippen LogP contribution in [0.25, 0.3) is 33.4 Å². The Hall–Kier alpha value is -3.13. The molecule has 2 aromatic heterocycles. The lowest BCUT2D eigenvalue weighted by molar-refractivity contribution is 1.22. The Morgan fingerprint density at radius 1 is 1.04 bits per heavy atom. The molecule has 0 bridgehead atoms. The fraction of sp³-hybridized carbons (Fsp3) is 0.0870. The zero-order valence-corrected chi connectivity index (χ0v) is 14.3. The molecule has 122 valence electrons. The van der Waals surface area contributed by atoms with Gasteiger partial charge in [-0.25, -0.2) is 4.98 Å². The molecule has 2 nitrogen and oxygen atoms in total. The van der Waals surface area contributed by atoms with Crippen LogP contribution < -0.4 is 0 Å². The number of benzene rings is 2. The molecule has 0 amide bonds. The summed E-state index contributed by atoms with van der Waals surface area (Å²) in [5.74, 6) is 0. The average Bonchev–Trinajstić information content (AvgIpc) is 3.15. The minimum atomic E-state index is 0.989. The largest absolute Gasteiger partial charge is 0.313 e. The highest BCUT2D eigenvalue weighted by Crippen LogP contribution is 2.29. The predicted molar refractivity (Wildman–Crippen MR) is 107 cm³/mol. The summed E-state index contributed by atoms with van der Waals surface area (Å²) in [4.78, 5) is 4.95. The molecule has 4 rings (SSSR count). The van der Waals surface area contributed by atoms with E-state index in [9.17, 15) is 0 Å². The van der Waals surface area contributed by atoms with Gasteiger partial charge in [-0.1, -0.05) is 56.0 Å². The number of hydrogen-bond donors (Lipinski definition) is 0. The van der Waals surface area contributed by atoms with E-state index in [0.29, 0.717) is 0 Å². The molecule has 0 N–H and O–H groups in total. The van der Waals surface area contributed by atoms with Crippen molar-refractivity contribution in [3.8, 4) is 11.3 Å². The van der Waals surface area contributed by atoms with Crippen molar-refractivity contribution >= 4 is 22.1 Å². The molecule has 0 radical (unpaired) electrons. The van der Waals surface area contributed by atoms with Crippen molar-refractivity contribution in [3.05, 3.63) is 91.2 Å². The van der Waals surface area contributed by atoms with Gasteiger partial charge in [0.05, 0.1) is 22.2 Å². The van der Waals surface area contributed by atoms with Crippen LogP contribution in [0.15, 0.2) is 85.6 Å². The lowest BCUT2D eigenvalue weighted by Crippen LogP contribution is -1.94. The number of hydrogen-bond acceptors (Lipinski definition) is 1. The quantitative estimate of drug-likeness (QED) is 0.412. The van der Waals surface area contributed by atoms with Gasteiger partial charge in [0, 0.05) is 11.8 Å². The Morgan fingerprint density at radius 3 is 2.72 bits per heavy atom.